The van der Waals surface area contributed by atoms with Gasteiger partial charge in [-0.25, -0.2) is 9.89 Å². The van der Waals surface area contributed by atoms with E-state index in [4.69, 9.17) is 4.42 Å². The summed E-state index contributed by atoms with van der Waals surface area (Å²) in [5.74, 6) is -0.657. The van der Waals surface area contributed by atoms with E-state index in [9.17, 15) is 14.9 Å². The van der Waals surface area contributed by atoms with Crippen molar-refractivity contribution < 1.29 is 9.34 Å². The smallest absolute Gasteiger partial charge is 0.388 e. The molecule has 1 aromatic heterocycles. The summed E-state index contributed by atoms with van der Waals surface area (Å²) in [6.45, 7) is 1.71. The summed E-state index contributed by atoms with van der Waals surface area (Å²) >= 11 is 0. The first-order chi connectivity index (χ1) is 7.56. The molecule has 1 aromatic carbocycles. The van der Waals surface area contributed by atoms with Gasteiger partial charge in [0.25, 0.3) is 5.69 Å². The van der Waals surface area contributed by atoms with Crippen LogP contribution in [0.4, 0.5) is 5.69 Å². The molecular weight excluding hydrogens is 214 g/mol. The SMILES string of the molecule is Cc1cc(-c2n[nH]c(=O)o2)cc([N+](=O)[O-])c1. The predicted octanol–water partition coefficient (Wildman–Crippen LogP) is 1.25. The Hall–Kier alpha value is -2.44. The minimum atomic E-state index is -0.695. The van der Waals surface area contributed by atoms with E-state index in [1.54, 1.807) is 13.0 Å². The highest BCUT2D eigenvalue weighted by atomic mass is 16.6. The van der Waals surface area contributed by atoms with Crippen LogP contribution >= 0.6 is 0 Å². The molecule has 0 radical (unpaired) electrons. The topological polar surface area (TPSA) is 102 Å². The predicted molar refractivity (Wildman–Crippen MR) is 54.0 cm³/mol. The van der Waals surface area contributed by atoms with Gasteiger partial charge in [-0.2, -0.15) is 0 Å². The van der Waals surface area contributed by atoms with E-state index in [2.05, 4.69) is 10.2 Å². The normalized spacial score (nSPS) is 10.3. The largest absolute Gasteiger partial charge is 0.434 e. The van der Waals surface area contributed by atoms with Gasteiger partial charge >= 0.3 is 5.76 Å². The molecule has 2 aromatic rings. The Labute approximate surface area is 88.9 Å². The number of benzene rings is 1. The van der Waals surface area contributed by atoms with Crippen LogP contribution in [0.3, 0.4) is 0 Å². The van der Waals surface area contributed by atoms with Crippen LogP contribution in [0.5, 0.6) is 0 Å². The van der Waals surface area contributed by atoms with Crippen LogP contribution in [0.25, 0.3) is 11.5 Å². The van der Waals surface area contributed by atoms with Crippen LogP contribution < -0.4 is 5.76 Å². The maximum atomic E-state index is 10.7. The van der Waals surface area contributed by atoms with Crippen LogP contribution in [-0.2, 0) is 0 Å². The molecule has 0 saturated carbocycles. The molecule has 1 heterocycles. The third-order valence-corrected chi connectivity index (χ3v) is 1.96. The second-order valence-electron chi connectivity index (χ2n) is 3.23. The Balaban J connectivity index is 2.57. The van der Waals surface area contributed by atoms with Crippen LogP contribution in [-0.4, -0.2) is 15.1 Å². The molecular formula is C9H7N3O4. The second-order valence-corrected chi connectivity index (χ2v) is 3.23. The van der Waals surface area contributed by atoms with Gasteiger partial charge in [0.2, 0.25) is 5.89 Å². The van der Waals surface area contributed by atoms with Gasteiger partial charge in [-0.05, 0) is 18.6 Å². The zero-order valence-electron chi connectivity index (χ0n) is 8.26. The summed E-state index contributed by atoms with van der Waals surface area (Å²) in [6.07, 6.45) is 0. The Morgan fingerprint density at radius 3 is 2.75 bits per heavy atom. The standard InChI is InChI=1S/C9H7N3O4/c1-5-2-6(4-7(3-5)12(14)15)8-10-11-9(13)16-8/h2-4H,1H3,(H,11,13). The first kappa shape index (κ1) is 10.1. The van der Waals surface area contributed by atoms with Crippen molar-refractivity contribution >= 4 is 5.69 Å². The minimum Gasteiger partial charge on any atom is -0.388 e. The van der Waals surface area contributed by atoms with E-state index < -0.39 is 10.7 Å². The molecule has 0 amide bonds. The molecule has 0 aliphatic rings. The minimum absolute atomic E-state index is 0.0387. The molecule has 2 rings (SSSR count). The number of rotatable bonds is 2. The van der Waals surface area contributed by atoms with Gasteiger partial charge in [-0.15, -0.1) is 5.10 Å². The van der Waals surface area contributed by atoms with Crippen LogP contribution in [0, 0.1) is 17.0 Å². The van der Waals surface area contributed by atoms with E-state index in [1.807, 2.05) is 0 Å². The summed E-state index contributed by atoms with van der Waals surface area (Å²) in [6, 6.07) is 4.37. The molecule has 16 heavy (non-hydrogen) atoms. The third kappa shape index (κ3) is 1.83. The van der Waals surface area contributed by atoms with Crippen molar-refractivity contribution in [1.29, 1.82) is 0 Å². The van der Waals surface area contributed by atoms with Crippen LogP contribution in [0.2, 0.25) is 0 Å². The van der Waals surface area contributed by atoms with E-state index in [0.717, 1.165) is 0 Å². The number of hydrogen-bond donors (Lipinski definition) is 1. The lowest BCUT2D eigenvalue weighted by Gasteiger charge is -1.97. The van der Waals surface area contributed by atoms with Gasteiger partial charge in [0.15, 0.2) is 0 Å². The third-order valence-electron chi connectivity index (χ3n) is 1.96. The first-order valence-corrected chi connectivity index (χ1v) is 4.38. The number of nitrogens with zero attached hydrogens (tertiary/aromatic N) is 2. The van der Waals surface area contributed by atoms with Gasteiger partial charge in [0.05, 0.1) is 4.92 Å². The van der Waals surface area contributed by atoms with Gasteiger partial charge in [-0.3, -0.25) is 10.1 Å². The fraction of sp³-hybridized carbons (Fsp3) is 0.111. The lowest BCUT2D eigenvalue weighted by atomic mass is 10.1. The highest BCUT2D eigenvalue weighted by Gasteiger charge is 2.12. The van der Waals surface area contributed by atoms with Crippen molar-refractivity contribution in [3.05, 3.63) is 44.4 Å². The van der Waals surface area contributed by atoms with Crippen molar-refractivity contribution in [3.8, 4) is 11.5 Å². The molecule has 0 fully saturated rings. The zero-order chi connectivity index (χ0) is 11.7. The fourth-order valence-electron chi connectivity index (χ4n) is 1.35. The summed E-state index contributed by atoms with van der Waals surface area (Å²) < 4.78 is 4.71. The first-order valence-electron chi connectivity index (χ1n) is 4.38. The average Bonchev–Trinajstić information content (AvgIpc) is 2.64. The molecule has 0 saturated heterocycles. The number of aromatic nitrogens is 2. The molecule has 0 spiro atoms. The number of H-pyrrole nitrogens is 1. The summed E-state index contributed by atoms with van der Waals surface area (Å²) in [5, 5.41) is 16.3. The molecule has 82 valence electrons. The number of aryl methyl sites for hydroxylation is 1. The Kier molecular flexibility index (Phi) is 2.28. The lowest BCUT2D eigenvalue weighted by molar-refractivity contribution is -0.384. The number of hydrogen-bond acceptors (Lipinski definition) is 5. The summed E-state index contributed by atoms with van der Waals surface area (Å²) in [5.41, 5.74) is 1.01. The molecule has 0 aliphatic heterocycles. The maximum Gasteiger partial charge on any atom is 0.434 e. The van der Waals surface area contributed by atoms with Crippen LogP contribution in [0.1, 0.15) is 5.56 Å². The molecule has 0 aliphatic carbocycles. The molecule has 1 N–H and O–H groups in total. The van der Waals surface area contributed by atoms with Crippen molar-refractivity contribution in [2.24, 2.45) is 0 Å². The summed E-state index contributed by atoms with van der Waals surface area (Å²) in [7, 11) is 0. The number of non-ortho nitro benzene ring substituents is 1. The summed E-state index contributed by atoms with van der Waals surface area (Å²) in [4.78, 5) is 20.9. The number of nitro groups is 1. The monoisotopic (exact) mass is 221 g/mol. The van der Waals surface area contributed by atoms with E-state index >= 15 is 0 Å². The van der Waals surface area contributed by atoms with Crippen molar-refractivity contribution in [1.82, 2.24) is 10.2 Å². The number of nitrogens with one attached hydrogen (secondary N) is 1. The van der Waals surface area contributed by atoms with E-state index in [0.29, 0.717) is 11.1 Å². The highest BCUT2D eigenvalue weighted by molar-refractivity contribution is 5.59. The molecule has 7 heteroatoms. The molecule has 0 unspecified atom stereocenters. The van der Waals surface area contributed by atoms with Crippen molar-refractivity contribution in [3.63, 3.8) is 0 Å². The number of nitro benzene ring substituents is 1. The molecule has 0 bridgehead atoms. The van der Waals surface area contributed by atoms with Gasteiger partial charge in [0, 0.05) is 17.7 Å². The zero-order valence-corrected chi connectivity index (χ0v) is 8.26. The maximum absolute atomic E-state index is 10.7. The van der Waals surface area contributed by atoms with Gasteiger partial charge in [-0.1, -0.05) is 0 Å². The highest BCUT2D eigenvalue weighted by Crippen LogP contribution is 2.23. The average molecular weight is 221 g/mol. The van der Waals surface area contributed by atoms with E-state index in [-0.39, 0.29) is 11.6 Å². The van der Waals surface area contributed by atoms with Crippen molar-refractivity contribution in [2.75, 3.05) is 0 Å². The lowest BCUT2D eigenvalue weighted by Crippen LogP contribution is -1.93. The van der Waals surface area contributed by atoms with Crippen molar-refractivity contribution in [2.45, 2.75) is 6.92 Å². The fourth-order valence-corrected chi connectivity index (χ4v) is 1.35. The van der Waals surface area contributed by atoms with E-state index in [1.165, 1.54) is 12.1 Å². The molecule has 7 nitrogen and oxygen atoms in total. The Morgan fingerprint density at radius 2 is 2.19 bits per heavy atom. The van der Waals surface area contributed by atoms with Gasteiger partial charge < -0.3 is 4.42 Å². The van der Waals surface area contributed by atoms with Gasteiger partial charge in [0.1, 0.15) is 0 Å². The second kappa shape index (κ2) is 3.61. The quantitative estimate of drug-likeness (QED) is 0.607. The Morgan fingerprint density at radius 1 is 1.44 bits per heavy atom. The number of aromatic amines is 1. The van der Waals surface area contributed by atoms with Crippen LogP contribution in [0.15, 0.2) is 27.4 Å². The molecule has 0 atom stereocenters. The Bertz CT molecular complexity index is 599.